The molecule has 1 aromatic carbocycles. The van der Waals surface area contributed by atoms with Gasteiger partial charge in [0.15, 0.2) is 0 Å². The lowest BCUT2D eigenvalue weighted by Crippen LogP contribution is -2.44. The average Bonchev–Trinajstić information content (AvgIpc) is 3.31. The van der Waals surface area contributed by atoms with Gasteiger partial charge < -0.3 is 19.1 Å². The van der Waals surface area contributed by atoms with Gasteiger partial charge in [0.05, 0.1) is 37.3 Å². The second-order valence-electron chi connectivity index (χ2n) is 8.19. The predicted molar refractivity (Wildman–Crippen MR) is 110 cm³/mol. The molecule has 1 aromatic heterocycles. The summed E-state index contributed by atoms with van der Waals surface area (Å²) in [4.78, 5) is 16.0. The molecule has 7 nitrogen and oxygen atoms in total. The van der Waals surface area contributed by atoms with Crippen LogP contribution in [0.1, 0.15) is 36.6 Å². The number of hydrogen-bond donors (Lipinski definition) is 0. The predicted octanol–water partition coefficient (Wildman–Crippen LogP) is 2.61. The highest BCUT2D eigenvalue weighted by atomic mass is 16.5. The largest absolute Gasteiger partial charge is 0.488 e. The lowest BCUT2D eigenvalue weighted by atomic mass is 10.0. The van der Waals surface area contributed by atoms with Gasteiger partial charge in [-0.3, -0.25) is 4.99 Å². The number of rotatable bonds is 6. The van der Waals surface area contributed by atoms with Gasteiger partial charge in [0, 0.05) is 31.8 Å². The summed E-state index contributed by atoms with van der Waals surface area (Å²) in [5.41, 5.74) is 4.08. The summed E-state index contributed by atoms with van der Waals surface area (Å²) in [5, 5.41) is 0. The minimum atomic E-state index is 0.00130. The molecule has 1 saturated carbocycles. The van der Waals surface area contributed by atoms with E-state index in [0.29, 0.717) is 19.8 Å². The minimum Gasteiger partial charge on any atom is -0.488 e. The van der Waals surface area contributed by atoms with Crippen LogP contribution >= 0.6 is 0 Å². The Labute approximate surface area is 170 Å². The summed E-state index contributed by atoms with van der Waals surface area (Å²) in [6, 6.07) is 8.30. The number of hydrogen-bond acceptors (Lipinski definition) is 7. The maximum Gasteiger partial charge on any atom is 0.132 e. The van der Waals surface area contributed by atoms with E-state index in [0.717, 1.165) is 54.5 Å². The topological polar surface area (TPSA) is 69.1 Å². The molecular formula is C22H26N4O3. The highest BCUT2D eigenvalue weighted by Crippen LogP contribution is 2.40. The van der Waals surface area contributed by atoms with Gasteiger partial charge in [-0.15, -0.1) is 0 Å². The van der Waals surface area contributed by atoms with Crippen molar-refractivity contribution >= 4 is 11.5 Å². The molecule has 0 radical (unpaired) electrons. The van der Waals surface area contributed by atoms with Crippen molar-refractivity contribution in [2.45, 2.75) is 38.0 Å². The molecule has 152 valence electrons. The number of benzene rings is 1. The monoisotopic (exact) mass is 394 g/mol. The zero-order valence-electron chi connectivity index (χ0n) is 16.9. The van der Waals surface area contributed by atoms with Gasteiger partial charge in [-0.05, 0) is 37.5 Å². The molecular weight excluding hydrogens is 368 g/mol. The van der Waals surface area contributed by atoms with E-state index in [1.165, 1.54) is 5.56 Å². The van der Waals surface area contributed by atoms with Crippen LogP contribution in [-0.4, -0.2) is 60.8 Å². The summed E-state index contributed by atoms with van der Waals surface area (Å²) >= 11 is 0. The van der Waals surface area contributed by atoms with Crippen LogP contribution in [0.2, 0.25) is 0 Å². The molecule has 29 heavy (non-hydrogen) atoms. The minimum absolute atomic E-state index is 0.00130. The number of morpholine rings is 1. The Bertz CT molecular complexity index is 939. The number of methoxy groups -OCH3 is 1. The first kappa shape index (κ1) is 18.5. The number of fused-ring (bicyclic) bond motifs is 1. The molecule has 0 N–H and O–H groups in total. The molecule has 1 aliphatic carbocycles. The zero-order valence-corrected chi connectivity index (χ0v) is 16.9. The van der Waals surface area contributed by atoms with Crippen molar-refractivity contribution in [1.29, 1.82) is 0 Å². The maximum atomic E-state index is 6.15. The molecule has 2 fully saturated rings. The summed E-state index contributed by atoms with van der Waals surface area (Å²) in [5.74, 6) is 1.80. The van der Waals surface area contributed by atoms with E-state index < -0.39 is 0 Å². The van der Waals surface area contributed by atoms with Crippen molar-refractivity contribution in [1.82, 2.24) is 9.97 Å². The van der Waals surface area contributed by atoms with Crippen LogP contribution in [0.3, 0.4) is 0 Å². The molecule has 3 heterocycles. The first-order valence-electron chi connectivity index (χ1n) is 10.2. The first-order chi connectivity index (χ1) is 14.1. The Hall–Kier alpha value is -2.51. The fourth-order valence-electron chi connectivity index (χ4n) is 3.87. The van der Waals surface area contributed by atoms with E-state index in [4.69, 9.17) is 19.2 Å². The van der Waals surface area contributed by atoms with Crippen molar-refractivity contribution < 1.29 is 14.2 Å². The normalized spacial score (nSPS) is 22.2. The third-order valence-electron chi connectivity index (χ3n) is 5.77. The molecule has 2 aromatic rings. The van der Waals surface area contributed by atoms with Gasteiger partial charge in [0.25, 0.3) is 0 Å². The third kappa shape index (κ3) is 3.84. The Balaban J connectivity index is 1.39. The summed E-state index contributed by atoms with van der Waals surface area (Å²) < 4.78 is 17.2. The molecule has 1 unspecified atom stereocenters. The van der Waals surface area contributed by atoms with E-state index in [1.54, 1.807) is 13.4 Å². The second kappa shape index (κ2) is 7.39. The van der Waals surface area contributed by atoms with Crippen LogP contribution in [0.4, 0.5) is 5.82 Å². The highest BCUT2D eigenvalue weighted by molar-refractivity contribution is 6.14. The van der Waals surface area contributed by atoms with E-state index in [-0.39, 0.29) is 11.7 Å². The van der Waals surface area contributed by atoms with Crippen LogP contribution in [0.5, 0.6) is 5.75 Å². The van der Waals surface area contributed by atoms with E-state index in [2.05, 4.69) is 40.0 Å². The Kier molecular flexibility index (Phi) is 4.72. The Morgan fingerprint density at radius 2 is 2.14 bits per heavy atom. The number of aliphatic imine (C=N–C) groups is 1. The highest BCUT2D eigenvalue weighted by Gasteiger charge is 2.40. The zero-order chi connectivity index (χ0) is 19.8. The number of nitrogens with zero attached hydrogens (tertiary/aromatic N) is 4. The Morgan fingerprint density at radius 1 is 1.24 bits per heavy atom. The average molecular weight is 394 g/mol. The number of aromatic nitrogens is 2. The molecule has 0 bridgehead atoms. The number of ether oxygens (including phenoxy) is 3. The van der Waals surface area contributed by atoms with Gasteiger partial charge in [-0.2, -0.15) is 0 Å². The van der Waals surface area contributed by atoms with E-state index >= 15 is 0 Å². The van der Waals surface area contributed by atoms with E-state index in [9.17, 15) is 0 Å². The Morgan fingerprint density at radius 3 is 2.97 bits per heavy atom. The SMILES string of the molecule is COCC1CN(c2cc(C3=NCc4ccc(OC5(C)CC5)cc43)ncn2)CCO1. The van der Waals surface area contributed by atoms with Gasteiger partial charge in [0.2, 0.25) is 0 Å². The molecule has 3 aliphatic rings. The quantitative estimate of drug-likeness (QED) is 0.750. The number of anilines is 1. The van der Waals surface area contributed by atoms with Crippen molar-refractivity contribution in [2.75, 3.05) is 38.3 Å². The molecule has 1 atom stereocenters. The summed E-state index contributed by atoms with van der Waals surface area (Å²) in [7, 11) is 1.70. The molecule has 2 aliphatic heterocycles. The van der Waals surface area contributed by atoms with Crippen molar-refractivity contribution in [2.24, 2.45) is 4.99 Å². The summed E-state index contributed by atoms with van der Waals surface area (Å²) in [6.45, 7) is 5.63. The van der Waals surface area contributed by atoms with Crippen LogP contribution < -0.4 is 9.64 Å². The molecule has 0 spiro atoms. The lowest BCUT2D eigenvalue weighted by molar-refractivity contribution is -0.0102. The van der Waals surface area contributed by atoms with Crippen LogP contribution in [-0.2, 0) is 16.0 Å². The van der Waals surface area contributed by atoms with Gasteiger partial charge in [-0.1, -0.05) is 6.07 Å². The van der Waals surface area contributed by atoms with Crippen LogP contribution in [0, 0.1) is 0 Å². The lowest BCUT2D eigenvalue weighted by Gasteiger charge is -2.33. The smallest absolute Gasteiger partial charge is 0.132 e. The second-order valence-corrected chi connectivity index (χ2v) is 8.19. The van der Waals surface area contributed by atoms with Crippen LogP contribution in [0.25, 0.3) is 0 Å². The van der Waals surface area contributed by atoms with Gasteiger partial charge in [0.1, 0.15) is 23.5 Å². The molecule has 1 saturated heterocycles. The summed E-state index contributed by atoms with van der Waals surface area (Å²) in [6.07, 6.45) is 3.91. The van der Waals surface area contributed by atoms with Crippen molar-refractivity contribution in [3.05, 3.63) is 47.4 Å². The maximum absolute atomic E-state index is 6.15. The standard InChI is InChI=1S/C22H26N4O3/c1-22(5-6-22)29-16-4-3-15-11-23-21(18(15)9-16)19-10-20(25-14-24-19)26-7-8-28-17(12-26)13-27-2/h3-4,9-10,14,17H,5-8,11-13H2,1-2H3. The van der Waals surface area contributed by atoms with Crippen molar-refractivity contribution in [3.63, 3.8) is 0 Å². The molecule has 7 heteroatoms. The fourth-order valence-corrected chi connectivity index (χ4v) is 3.87. The van der Waals surface area contributed by atoms with Gasteiger partial charge >= 0.3 is 0 Å². The molecule has 0 amide bonds. The fraction of sp³-hybridized carbons (Fsp3) is 0.500. The first-order valence-corrected chi connectivity index (χ1v) is 10.2. The van der Waals surface area contributed by atoms with Gasteiger partial charge in [-0.25, -0.2) is 9.97 Å². The van der Waals surface area contributed by atoms with Crippen LogP contribution in [0.15, 0.2) is 35.6 Å². The van der Waals surface area contributed by atoms with E-state index in [1.807, 2.05) is 6.07 Å². The van der Waals surface area contributed by atoms with Crippen molar-refractivity contribution in [3.8, 4) is 5.75 Å². The third-order valence-corrected chi connectivity index (χ3v) is 5.77. The molecule has 5 rings (SSSR count).